The van der Waals surface area contributed by atoms with Gasteiger partial charge in [0, 0.05) is 19.3 Å². The number of hydrogen-bond donors (Lipinski definition) is 0. The molecule has 81 heavy (non-hydrogen) atoms. The van der Waals surface area contributed by atoms with Crippen LogP contribution in [0.15, 0.2) is 207 Å². The van der Waals surface area contributed by atoms with Gasteiger partial charge in [-0.25, -0.2) is 0 Å². The molecular formula is C75H112O6. The number of carbonyl (C=O) groups is 3. The number of unbranched alkanes of at least 4 members (excludes halogenated alkanes) is 9. The average Bonchev–Trinajstić information content (AvgIpc) is 3.46. The summed E-state index contributed by atoms with van der Waals surface area (Å²) >= 11 is 0. The second kappa shape index (κ2) is 66.5. The summed E-state index contributed by atoms with van der Waals surface area (Å²) < 4.78 is 16.8. The van der Waals surface area contributed by atoms with Gasteiger partial charge in [0.25, 0.3) is 0 Å². The Morgan fingerprint density at radius 2 is 0.444 bits per heavy atom. The Kier molecular flexibility index (Phi) is 61.6. The van der Waals surface area contributed by atoms with Crippen molar-refractivity contribution in [2.75, 3.05) is 13.2 Å². The molecule has 1 atom stereocenters. The van der Waals surface area contributed by atoms with Gasteiger partial charge in [-0.1, -0.05) is 247 Å². The third-order valence-electron chi connectivity index (χ3n) is 12.3. The van der Waals surface area contributed by atoms with E-state index in [1.807, 2.05) is 0 Å². The third-order valence-corrected chi connectivity index (χ3v) is 12.3. The maximum atomic E-state index is 12.9. The second-order valence-corrected chi connectivity index (χ2v) is 19.8. The number of carbonyl (C=O) groups excluding carboxylic acids is 3. The van der Waals surface area contributed by atoms with Crippen LogP contribution in [0, 0.1) is 0 Å². The van der Waals surface area contributed by atoms with Crippen molar-refractivity contribution in [3.8, 4) is 0 Å². The highest BCUT2D eigenvalue weighted by atomic mass is 16.6. The standard InChI is InChI=1S/C75H112O6/c1-4-7-10-13-16-19-22-25-27-29-31-33-35-37-39-41-43-45-47-50-53-56-59-62-65-68-74(77)80-71-72(70-79-73(76)67-64-61-58-55-52-49-24-21-18-15-12-9-6-3)81-75(78)69-66-63-60-57-54-51-48-46-44-42-40-38-36-34-32-30-28-26-23-20-17-14-11-8-5-2/h7-12,16-21,25-28,31-34,37-40,43-46,49-54,72H,4-6,13-15,22-24,29-30,35-36,41-42,47-48,55-71H2,1-3H3/b10-7-,11-8-,12-9-,19-16-,20-17-,21-18-,27-25-,28-26-,33-31-,34-32-,39-37-,40-38-,45-43-,46-44-,52-49-,53-50-,54-51-. The summed E-state index contributed by atoms with van der Waals surface area (Å²) in [5, 5.41) is 0. The van der Waals surface area contributed by atoms with Crippen molar-refractivity contribution in [3.05, 3.63) is 207 Å². The minimum absolute atomic E-state index is 0.130. The van der Waals surface area contributed by atoms with Crippen molar-refractivity contribution in [2.24, 2.45) is 0 Å². The highest BCUT2D eigenvalue weighted by Crippen LogP contribution is 2.12. The predicted molar refractivity (Wildman–Crippen MR) is 352 cm³/mol. The number of esters is 3. The third kappa shape index (κ3) is 64.7. The van der Waals surface area contributed by atoms with Crippen LogP contribution in [0.25, 0.3) is 0 Å². The molecule has 0 rings (SSSR count). The molecule has 0 aromatic heterocycles. The average molecular weight is 1110 g/mol. The van der Waals surface area contributed by atoms with Crippen LogP contribution in [0.2, 0.25) is 0 Å². The zero-order valence-corrected chi connectivity index (χ0v) is 51.2. The molecule has 0 saturated heterocycles. The molecule has 0 N–H and O–H groups in total. The van der Waals surface area contributed by atoms with E-state index in [-0.39, 0.29) is 37.5 Å². The fourth-order valence-corrected chi connectivity index (χ4v) is 7.65. The summed E-state index contributed by atoms with van der Waals surface area (Å²) in [6.45, 7) is 6.19. The molecule has 6 heteroatoms. The van der Waals surface area contributed by atoms with Crippen LogP contribution in [0.5, 0.6) is 0 Å². The highest BCUT2D eigenvalue weighted by Gasteiger charge is 2.19. The van der Waals surface area contributed by atoms with E-state index in [0.29, 0.717) is 19.3 Å². The molecule has 1 unspecified atom stereocenters. The Morgan fingerprint density at radius 3 is 0.667 bits per heavy atom. The van der Waals surface area contributed by atoms with E-state index in [4.69, 9.17) is 14.2 Å². The highest BCUT2D eigenvalue weighted by molar-refractivity contribution is 5.71. The van der Waals surface area contributed by atoms with Crippen molar-refractivity contribution < 1.29 is 28.6 Å². The van der Waals surface area contributed by atoms with Crippen molar-refractivity contribution in [1.82, 2.24) is 0 Å². The van der Waals surface area contributed by atoms with Crippen LogP contribution in [-0.4, -0.2) is 37.2 Å². The smallest absolute Gasteiger partial charge is 0.306 e. The largest absolute Gasteiger partial charge is 0.462 e. The summed E-state index contributed by atoms with van der Waals surface area (Å²) in [6, 6.07) is 0. The molecule has 0 radical (unpaired) electrons. The quantitative estimate of drug-likeness (QED) is 0.0261. The van der Waals surface area contributed by atoms with Gasteiger partial charge in [0.2, 0.25) is 0 Å². The van der Waals surface area contributed by atoms with Gasteiger partial charge < -0.3 is 14.2 Å². The first-order valence-corrected chi connectivity index (χ1v) is 31.6. The molecule has 0 heterocycles. The molecule has 448 valence electrons. The zero-order valence-electron chi connectivity index (χ0n) is 51.2. The van der Waals surface area contributed by atoms with Crippen LogP contribution in [-0.2, 0) is 28.6 Å². The Labute approximate surface area is 496 Å². The maximum Gasteiger partial charge on any atom is 0.306 e. The lowest BCUT2D eigenvalue weighted by molar-refractivity contribution is -0.167. The van der Waals surface area contributed by atoms with Gasteiger partial charge >= 0.3 is 17.9 Å². The lowest BCUT2D eigenvalue weighted by atomic mass is 10.1. The van der Waals surface area contributed by atoms with E-state index in [2.05, 4.69) is 227 Å². The zero-order chi connectivity index (χ0) is 58.5. The molecule has 0 aromatic rings. The first-order chi connectivity index (χ1) is 40.0. The van der Waals surface area contributed by atoms with Crippen LogP contribution in [0.4, 0.5) is 0 Å². The van der Waals surface area contributed by atoms with E-state index >= 15 is 0 Å². The Hall–Kier alpha value is -6.01. The van der Waals surface area contributed by atoms with Crippen LogP contribution >= 0.6 is 0 Å². The van der Waals surface area contributed by atoms with E-state index in [9.17, 15) is 14.4 Å². The van der Waals surface area contributed by atoms with Gasteiger partial charge in [-0.15, -0.1) is 0 Å². The van der Waals surface area contributed by atoms with Crippen molar-refractivity contribution in [1.29, 1.82) is 0 Å². The Bertz CT molecular complexity index is 2000. The van der Waals surface area contributed by atoms with E-state index in [1.54, 1.807) is 0 Å². The monoisotopic (exact) mass is 1110 g/mol. The molecule has 0 bridgehead atoms. The molecule has 0 saturated carbocycles. The number of hydrogen-bond acceptors (Lipinski definition) is 6. The fraction of sp³-hybridized carbons (Fsp3) is 0.507. The number of rotatable bonds is 54. The molecule has 6 nitrogen and oxygen atoms in total. The van der Waals surface area contributed by atoms with E-state index in [1.165, 1.54) is 0 Å². The molecule has 0 spiro atoms. The molecule has 0 amide bonds. The van der Waals surface area contributed by atoms with Crippen LogP contribution in [0.1, 0.15) is 226 Å². The van der Waals surface area contributed by atoms with Crippen molar-refractivity contribution in [2.45, 2.75) is 232 Å². The first-order valence-electron chi connectivity index (χ1n) is 31.6. The molecule has 0 fully saturated rings. The van der Waals surface area contributed by atoms with Gasteiger partial charge in [-0.05, 0) is 167 Å². The summed E-state index contributed by atoms with van der Waals surface area (Å²) in [6.07, 6.45) is 103. The minimum Gasteiger partial charge on any atom is -0.462 e. The number of ether oxygens (including phenoxy) is 3. The first kappa shape index (κ1) is 75.0. The maximum absolute atomic E-state index is 12.9. The van der Waals surface area contributed by atoms with Crippen molar-refractivity contribution in [3.63, 3.8) is 0 Å². The lowest BCUT2D eigenvalue weighted by Gasteiger charge is -2.18. The summed E-state index contributed by atoms with van der Waals surface area (Å²) in [5.74, 6) is -1.04. The number of allylic oxidation sites excluding steroid dienone is 34. The molecule has 0 aliphatic carbocycles. The summed E-state index contributed by atoms with van der Waals surface area (Å²) in [5.41, 5.74) is 0. The Balaban J connectivity index is 4.56. The Morgan fingerprint density at radius 1 is 0.247 bits per heavy atom. The summed E-state index contributed by atoms with van der Waals surface area (Å²) in [4.78, 5) is 38.3. The van der Waals surface area contributed by atoms with E-state index < -0.39 is 6.10 Å². The minimum atomic E-state index is -0.837. The fourth-order valence-electron chi connectivity index (χ4n) is 7.65. The molecular weight excluding hydrogens is 997 g/mol. The second-order valence-electron chi connectivity index (χ2n) is 19.8. The predicted octanol–water partition coefficient (Wildman–Crippen LogP) is 22.0. The molecule has 0 aliphatic rings. The topological polar surface area (TPSA) is 78.9 Å². The van der Waals surface area contributed by atoms with E-state index in [0.717, 1.165) is 180 Å². The van der Waals surface area contributed by atoms with Gasteiger partial charge in [0.15, 0.2) is 6.10 Å². The summed E-state index contributed by atoms with van der Waals surface area (Å²) in [7, 11) is 0. The van der Waals surface area contributed by atoms with Gasteiger partial charge in [0.1, 0.15) is 13.2 Å². The van der Waals surface area contributed by atoms with Gasteiger partial charge in [-0.3, -0.25) is 14.4 Å². The molecule has 0 aliphatic heterocycles. The normalized spacial score (nSPS) is 13.6. The van der Waals surface area contributed by atoms with Crippen LogP contribution < -0.4 is 0 Å². The van der Waals surface area contributed by atoms with Gasteiger partial charge in [0.05, 0.1) is 0 Å². The lowest BCUT2D eigenvalue weighted by Crippen LogP contribution is -2.30. The van der Waals surface area contributed by atoms with Crippen molar-refractivity contribution >= 4 is 17.9 Å². The van der Waals surface area contributed by atoms with Crippen LogP contribution in [0.3, 0.4) is 0 Å². The van der Waals surface area contributed by atoms with Gasteiger partial charge in [-0.2, -0.15) is 0 Å². The SMILES string of the molecule is CC/C=C\C/C=C\C/C=C\C/C=C\C/C=C\C/C=C\C/C=C\CCCCCC(=O)OCC(COC(=O)CCCCC/C=C\C/C=C\C/C=C\CC)OC(=O)CCCCC/C=C\C/C=C\C/C=C\C/C=C\C/C=C\C/C=C\C/C=C\CC. The molecule has 0 aromatic carbocycles.